The molecule has 1 N–H and O–H groups in total. The fraction of sp³-hybridized carbons (Fsp3) is 0.533. The van der Waals surface area contributed by atoms with Crippen LogP contribution in [-0.2, 0) is 4.79 Å². The first-order valence-electron chi connectivity index (χ1n) is 6.94. The molecule has 0 bridgehead atoms. The second-order valence-electron chi connectivity index (χ2n) is 5.37. The molecule has 1 atom stereocenters. The Kier molecular flexibility index (Phi) is 4.77. The second kappa shape index (κ2) is 6.39. The fourth-order valence-electron chi connectivity index (χ4n) is 2.28. The molecule has 0 aromatic heterocycles. The first kappa shape index (κ1) is 15.7. The van der Waals surface area contributed by atoms with Crippen molar-refractivity contribution in [3.63, 3.8) is 0 Å². The van der Waals surface area contributed by atoms with Crippen LogP contribution in [0.4, 0.5) is 8.78 Å². The first-order valence-corrected chi connectivity index (χ1v) is 6.94. The third-order valence-corrected chi connectivity index (χ3v) is 3.56. The van der Waals surface area contributed by atoms with E-state index in [1.165, 1.54) is 4.90 Å². The number of hydrogen-bond acceptors (Lipinski definition) is 3. The van der Waals surface area contributed by atoms with Gasteiger partial charge in [-0.05, 0) is 18.6 Å². The van der Waals surface area contributed by atoms with E-state index in [-0.39, 0.29) is 5.91 Å². The van der Waals surface area contributed by atoms with Crippen molar-refractivity contribution in [2.45, 2.75) is 25.3 Å². The molecular formula is C15H20F2N2O2. The van der Waals surface area contributed by atoms with Gasteiger partial charge in [0.15, 0.2) is 0 Å². The van der Waals surface area contributed by atoms with Crippen LogP contribution in [0.1, 0.15) is 12.0 Å². The van der Waals surface area contributed by atoms with Gasteiger partial charge < -0.3 is 9.64 Å². The average Bonchev–Trinajstić information content (AvgIpc) is 2.80. The van der Waals surface area contributed by atoms with Crippen LogP contribution in [0.3, 0.4) is 0 Å². The van der Waals surface area contributed by atoms with Crippen molar-refractivity contribution in [2.24, 2.45) is 0 Å². The van der Waals surface area contributed by atoms with Crippen LogP contribution in [-0.4, -0.2) is 49.5 Å². The van der Waals surface area contributed by atoms with E-state index in [9.17, 15) is 13.6 Å². The summed E-state index contributed by atoms with van der Waals surface area (Å²) >= 11 is 0. The highest BCUT2D eigenvalue weighted by Crippen LogP contribution is 2.25. The Morgan fingerprint density at radius 2 is 2.19 bits per heavy atom. The smallest absolute Gasteiger partial charge is 0.262 e. The Morgan fingerprint density at radius 3 is 2.81 bits per heavy atom. The highest BCUT2D eigenvalue weighted by Gasteiger charge is 2.43. The molecule has 0 saturated carbocycles. The number of ether oxygens (including phenoxy) is 1. The Labute approximate surface area is 123 Å². The molecule has 0 radical (unpaired) electrons. The first-order chi connectivity index (χ1) is 9.89. The molecule has 0 spiro atoms. The van der Waals surface area contributed by atoms with Crippen LogP contribution in [0.25, 0.3) is 0 Å². The van der Waals surface area contributed by atoms with E-state index < -0.39 is 24.9 Å². The molecule has 2 rings (SSSR count). The fourth-order valence-corrected chi connectivity index (χ4v) is 2.28. The molecule has 1 unspecified atom stereocenters. The number of aryl methyl sites for hydroxylation is 1. The molecule has 1 aromatic carbocycles. The van der Waals surface area contributed by atoms with Crippen molar-refractivity contribution >= 4 is 5.91 Å². The van der Waals surface area contributed by atoms with Crippen molar-refractivity contribution in [1.29, 1.82) is 0 Å². The number of amides is 1. The lowest BCUT2D eigenvalue weighted by Crippen LogP contribution is -2.43. The van der Waals surface area contributed by atoms with E-state index in [2.05, 4.69) is 5.32 Å². The van der Waals surface area contributed by atoms with E-state index in [1.807, 2.05) is 31.2 Å². The molecule has 1 heterocycles. The highest BCUT2D eigenvalue weighted by molar-refractivity contribution is 5.82. The summed E-state index contributed by atoms with van der Waals surface area (Å²) in [5.41, 5.74) is 1.02. The number of hydrogen-bond donors (Lipinski definition) is 1. The molecule has 1 aliphatic heterocycles. The van der Waals surface area contributed by atoms with Crippen LogP contribution >= 0.6 is 0 Å². The zero-order valence-corrected chi connectivity index (χ0v) is 12.2. The van der Waals surface area contributed by atoms with Gasteiger partial charge in [-0.3, -0.25) is 10.1 Å². The maximum Gasteiger partial charge on any atom is 0.262 e. The minimum absolute atomic E-state index is 0.319. The van der Waals surface area contributed by atoms with E-state index in [1.54, 1.807) is 7.05 Å². The van der Waals surface area contributed by atoms with Crippen molar-refractivity contribution in [2.75, 3.05) is 26.7 Å². The van der Waals surface area contributed by atoms with Gasteiger partial charge in [-0.15, -0.1) is 0 Å². The molecule has 1 saturated heterocycles. The lowest BCUT2D eigenvalue weighted by molar-refractivity contribution is -0.132. The average molecular weight is 298 g/mol. The quantitative estimate of drug-likeness (QED) is 0.902. The van der Waals surface area contributed by atoms with E-state index >= 15 is 0 Å². The van der Waals surface area contributed by atoms with E-state index in [0.717, 1.165) is 11.3 Å². The monoisotopic (exact) mass is 298 g/mol. The number of alkyl halides is 2. The SMILES string of the molecule is Cc1ccccc1OCCN(C)C(=O)C1CC(F)(F)CN1. The van der Waals surface area contributed by atoms with Crippen LogP contribution < -0.4 is 10.1 Å². The Balaban J connectivity index is 1.78. The van der Waals surface area contributed by atoms with E-state index in [0.29, 0.717) is 13.2 Å². The minimum Gasteiger partial charge on any atom is -0.491 e. The molecule has 116 valence electrons. The van der Waals surface area contributed by atoms with Gasteiger partial charge in [-0.2, -0.15) is 0 Å². The molecule has 4 nitrogen and oxygen atoms in total. The number of carbonyl (C=O) groups is 1. The predicted octanol–water partition coefficient (Wildman–Crippen LogP) is 1.83. The van der Waals surface area contributed by atoms with Crippen molar-refractivity contribution < 1.29 is 18.3 Å². The maximum atomic E-state index is 13.1. The highest BCUT2D eigenvalue weighted by atomic mass is 19.3. The summed E-state index contributed by atoms with van der Waals surface area (Å²) in [6.45, 7) is 2.19. The third kappa shape index (κ3) is 4.14. The van der Waals surface area contributed by atoms with Gasteiger partial charge >= 0.3 is 0 Å². The predicted molar refractivity (Wildman–Crippen MR) is 75.7 cm³/mol. The van der Waals surface area contributed by atoms with Gasteiger partial charge in [0.2, 0.25) is 5.91 Å². The van der Waals surface area contributed by atoms with E-state index in [4.69, 9.17) is 4.74 Å². The zero-order chi connectivity index (χ0) is 15.5. The number of halogens is 2. The van der Waals surface area contributed by atoms with Gasteiger partial charge in [0, 0.05) is 13.5 Å². The summed E-state index contributed by atoms with van der Waals surface area (Å²) in [6, 6.07) is 6.79. The normalized spacial score (nSPS) is 20.3. The molecule has 1 aromatic rings. The molecule has 1 fully saturated rings. The summed E-state index contributed by atoms with van der Waals surface area (Å²) < 4.78 is 31.8. The molecule has 21 heavy (non-hydrogen) atoms. The summed E-state index contributed by atoms with van der Waals surface area (Å²) in [6.07, 6.45) is -0.436. The number of nitrogens with one attached hydrogen (secondary N) is 1. The van der Waals surface area contributed by atoms with Crippen LogP contribution in [0.15, 0.2) is 24.3 Å². The number of rotatable bonds is 5. The standard InChI is InChI=1S/C15H20F2N2O2/c1-11-5-3-4-6-13(11)21-8-7-19(2)14(20)12-9-15(16,17)10-18-12/h3-6,12,18H,7-10H2,1-2H3. The maximum absolute atomic E-state index is 13.1. The Bertz CT molecular complexity index is 508. The molecular weight excluding hydrogens is 278 g/mol. The summed E-state index contributed by atoms with van der Waals surface area (Å²) in [5, 5.41) is 2.56. The summed E-state index contributed by atoms with van der Waals surface area (Å²) in [7, 11) is 1.60. The van der Waals surface area contributed by atoms with Gasteiger partial charge in [0.25, 0.3) is 5.92 Å². The van der Waals surface area contributed by atoms with Gasteiger partial charge in [-0.25, -0.2) is 8.78 Å². The van der Waals surface area contributed by atoms with Crippen LogP contribution in [0, 0.1) is 6.92 Å². The number of para-hydroxylation sites is 1. The largest absolute Gasteiger partial charge is 0.491 e. The van der Waals surface area contributed by atoms with Gasteiger partial charge in [0.05, 0.1) is 19.1 Å². The van der Waals surface area contributed by atoms with Crippen LogP contribution in [0.5, 0.6) is 5.75 Å². The van der Waals surface area contributed by atoms with Crippen molar-refractivity contribution in [3.8, 4) is 5.75 Å². The molecule has 6 heteroatoms. The van der Waals surface area contributed by atoms with Crippen molar-refractivity contribution in [3.05, 3.63) is 29.8 Å². The minimum atomic E-state index is -2.79. The summed E-state index contributed by atoms with van der Waals surface area (Å²) in [4.78, 5) is 13.4. The number of likely N-dealkylation sites (N-methyl/N-ethyl adjacent to an activating group) is 1. The zero-order valence-electron chi connectivity index (χ0n) is 12.2. The van der Waals surface area contributed by atoms with Gasteiger partial charge in [0.1, 0.15) is 12.4 Å². The lowest BCUT2D eigenvalue weighted by atomic mass is 10.2. The molecule has 0 aliphatic carbocycles. The topological polar surface area (TPSA) is 41.6 Å². The van der Waals surface area contributed by atoms with Gasteiger partial charge in [-0.1, -0.05) is 18.2 Å². The Morgan fingerprint density at radius 1 is 1.48 bits per heavy atom. The Hall–Kier alpha value is -1.69. The number of nitrogens with zero attached hydrogens (tertiary/aromatic N) is 1. The number of carbonyl (C=O) groups excluding carboxylic acids is 1. The molecule has 1 aliphatic rings. The second-order valence-corrected chi connectivity index (χ2v) is 5.37. The number of benzene rings is 1. The van der Waals surface area contributed by atoms with Crippen LogP contribution in [0.2, 0.25) is 0 Å². The van der Waals surface area contributed by atoms with Crippen molar-refractivity contribution in [1.82, 2.24) is 10.2 Å². The summed E-state index contributed by atoms with van der Waals surface area (Å²) in [5.74, 6) is -2.34. The third-order valence-electron chi connectivity index (χ3n) is 3.56. The lowest BCUT2D eigenvalue weighted by Gasteiger charge is -2.21. The molecule has 1 amide bonds.